The number of aliphatic carboxylic acids is 1. The number of amides is 1. The van der Waals surface area contributed by atoms with Gasteiger partial charge in [-0.05, 0) is 12.1 Å². The third kappa shape index (κ3) is 4.38. The number of anilines is 1. The van der Waals surface area contributed by atoms with E-state index in [1.165, 1.54) is 18.6 Å². The molecule has 1 atom stereocenters. The Bertz CT molecular complexity index is 717. The number of carboxylic acid groups (broad SMARTS) is 1. The molecule has 2 heterocycles. The van der Waals surface area contributed by atoms with Crippen LogP contribution in [0.3, 0.4) is 0 Å². The SMILES string of the molecule is N[C@@H](Cc1ccc(NC(=O)c2c(Cl)cncc2Cl)cn1)C(=O)O. The maximum absolute atomic E-state index is 12.2. The molecule has 0 aliphatic rings. The van der Waals surface area contributed by atoms with Gasteiger partial charge in [0.1, 0.15) is 6.04 Å². The Hall–Kier alpha value is -2.22. The van der Waals surface area contributed by atoms with E-state index >= 15 is 0 Å². The van der Waals surface area contributed by atoms with Crippen molar-refractivity contribution in [1.29, 1.82) is 0 Å². The third-order valence-corrected chi connectivity index (χ3v) is 3.48. The predicted octanol–water partition coefficient (Wildman–Crippen LogP) is 1.99. The number of nitrogens with zero attached hydrogens (tertiary/aromatic N) is 2. The number of hydrogen-bond acceptors (Lipinski definition) is 5. The summed E-state index contributed by atoms with van der Waals surface area (Å²) in [6.45, 7) is 0. The van der Waals surface area contributed by atoms with Crippen molar-refractivity contribution >= 4 is 40.8 Å². The molecule has 1 amide bonds. The summed E-state index contributed by atoms with van der Waals surface area (Å²) in [6, 6.07) is 2.13. The average molecular weight is 355 g/mol. The normalized spacial score (nSPS) is 11.8. The molecule has 0 bridgehead atoms. The number of carboxylic acids is 1. The van der Waals surface area contributed by atoms with E-state index < -0.39 is 17.9 Å². The van der Waals surface area contributed by atoms with Crippen LogP contribution in [0.1, 0.15) is 16.1 Å². The summed E-state index contributed by atoms with van der Waals surface area (Å²) in [4.78, 5) is 30.7. The Morgan fingerprint density at radius 3 is 2.39 bits per heavy atom. The summed E-state index contributed by atoms with van der Waals surface area (Å²) >= 11 is 11.8. The van der Waals surface area contributed by atoms with Gasteiger partial charge in [0.15, 0.2) is 0 Å². The molecule has 0 aromatic carbocycles. The molecule has 23 heavy (non-hydrogen) atoms. The van der Waals surface area contributed by atoms with Crippen LogP contribution in [0, 0.1) is 0 Å². The lowest BCUT2D eigenvalue weighted by Gasteiger charge is -2.09. The Morgan fingerprint density at radius 1 is 1.22 bits per heavy atom. The average Bonchev–Trinajstić information content (AvgIpc) is 2.49. The Balaban J connectivity index is 2.09. The molecule has 0 spiro atoms. The van der Waals surface area contributed by atoms with Gasteiger partial charge in [0.05, 0.1) is 27.5 Å². The molecule has 0 aliphatic carbocycles. The number of hydrogen-bond donors (Lipinski definition) is 3. The topological polar surface area (TPSA) is 118 Å². The van der Waals surface area contributed by atoms with Crippen LogP contribution in [0.25, 0.3) is 0 Å². The first-order chi connectivity index (χ1) is 10.9. The number of rotatable bonds is 5. The molecular weight excluding hydrogens is 343 g/mol. The van der Waals surface area contributed by atoms with E-state index in [-0.39, 0.29) is 22.0 Å². The van der Waals surface area contributed by atoms with Crippen molar-refractivity contribution < 1.29 is 14.7 Å². The number of nitrogens with two attached hydrogens (primary N) is 1. The molecule has 7 nitrogen and oxygen atoms in total. The molecule has 0 saturated heterocycles. The number of halogens is 2. The first kappa shape index (κ1) is 17.1. The minimum Gasteiger partial charge on any atom is -0.480 e. The molecular formula is C14H12Cl2N4O3. The monoisotopic (exact) mass is 354 g/mol. The molecule has 0 saturated carbocycles. The van der Waals surface area contributed by atoms with Gasteiger partial charge in [-0.1, -0.05) is 23.2 Å². The van der Waals surface area contributed by atoms with Crippen molar-refractivity contribution in [1.82, 2.24) is 9.97 Å². The van der Waals surface area contributed by atoms with Crippen LogP contribution < -0.4 is 11.1 Å². The van der Waals surface area contributed by atoms with Crippen molar-refractivity contribution in [2.75, 3.05) is 5.32 Å². The smallest absolute Gasteiger partial charge is 0.320 e. The minimum absolute atomic E-state index is 0.0889. The van der Waals surface area contributed by atoms with Gasteiger partial charge in [-0.25, -0.2) is 0 Å². The summed E-state index contributed by atoms with van der Waals surface area (Å²) < 4.78 is 0. The van der Waals surface area contributed by atoms with E-state index in [1.807, 2.05) is 0 Å². The summed E-state index contributed by atoms with van der Waals surface area (Å²) in [6.07, 6.45) is 4.12. The summed E-state index contributed by atoms with van der Waals surface area (Å²) in [7, 11) is 0. The van der Waals surface area contributed by atoms with Crippen LogP contribution >= 0.6 is 23.2 Å². The first-order valence-electron chi connectivity index (χ1n) is 6.42. The molecule has 0 radical (unpaired) electrons. The van der Waals surface area contributed by atoms with Crippen molar-refractivity contribution in [2.45, 2.75) is 12.5 Å². The van der Waals surface area contributed by atoms with E-state index in [2.05, 4.69) is 15.3 Å². The van der Waals surface area contributed by atoms with Gasteiger partial charge in [0.2, 0.25) is 0 Å². The van der Waals surface area contributed by atoms with Gasteiger partial charge < -0.3 is 16.2 Å². The van der Waals surface area contributed by atoms with Gasteiger partial charge >= 0.3 is 5.97 Å². The highest BCUT2D eigenvalue weighted by atomic mass is 35.5. The summed E-state index contributed by atoms with van der Waals surface area (Å²) in [5.41, 5.74) is 6.45. The molecule has 9 heteroatoms. The molecule has 4 N–H and O–H groups in total. The first-order valence-corrected chi connectivity index (χ1v) is 7.17. The fourth-order valence-corrected chi connectivity index (χ4v) is 2.29. The Kier molecular flexibility index (Phi) is 5.49. The van der Waals surface area contributed by atoms with Crippen molar-refractivity contribution in [3.05, 3.63) is 52.0 Å². The Labute approximate surface area is 141 Å². The van der Waals surface area contributed by atoms with Gasteiger partial charge in [-0.15, -0.1) is 0 Å². The number of pyridine rings is 2. The lowest BCUT2D eigenvalue weighted by atomic mass is 10.1. The van der Waals surface area contributed by atoms with Crippen LogP contribution in [-0.2, 0) is 11.2 Å². The van der Waals surface area contributed by atoms with Gasteiger partial charge in [-0.3, -0.25) is 19.6 Å². The van der Waals surface area contributed by atoms with Crippen molar-refractivity contribution in [3.8, 4) is 0 Å². The van der Waals surface area contributed by atoms with Gasteiger partial charge in [0, 0.05) is 24.5 Å². The molecule has 0 fully saturated rings. The molecule has 2 rings (SSSR count). The highest BCUT2D eigenvalue weighted by molar-refractivity contribution is 6.40. The lowest BCUT2D eigenvalue weighted by molar-refractivity contribution is -0.138. The van der Waals surface area contributed by atoms with Crippen LogP contribution in [-0.4, -0.2) is 33.0 Å². The number of nitrogens with one attached hydrogen (secondary N) is 1. The number of carbonyl (C=O) groups excluding carboxylic acids is 1. The van der Waals surface area contributed by atoms with Crippen LogP contribution in [0.15, 0.2) is 30.7 Å². The zero-order chi connectivity index (χ0) is 17.0. The van der Waals surface area contributed by atoms with E-state index in [1.54, 1.807) is 12.1 Å². The fraction of sp³-hybridized carbons (Fsp3) is 0.143. The summed E-state index contributed by atoms with van der Waals surface area (Å²) in [5.74, 6) is -1.61. The van der Waals surface area contributed by atoms with E-state index in [9.17, 15) is 9.59 Å². The zero-order valence-electron chi connectivity index (χ0n) is 11.7. The second kappa shape index (κ2) is 7.36. The number of aromatic nitrogens is 2. The zero-order valence-corrected chi connectivity index (χ0v) is 13.2. The number of carbonyl (C=O) groups is 2. The van der Waals surface area contributed by atoms with Crippen LogP contribution in [0.2, 0.25) is 10.0 Å². The van der Waals surface area contributed by atoms with E-state index in [0.717, 1.165) is 0 Å². The van der Waals surface area contributed by atoms with Crippen LogP contribution in [0.4, 0.5) is 5.69 Å². The second-order valence-corrected chi connectivity index (χ2v) is 5.43. The maximum Gasteiger partial charge on any atom is 0.320 e. The predicted molar refractivity (Wildman–Crippen MR) is 85.8 cm³/mol. The molecule has 120 valence electrons. The third-order valence-electron chi connectivity index (χ3n) is 2.91. The van der Waals surface area contributed by atoms with Crippen molar-refractivity contribution in [3.63, 3.8) is 0 Å². The van der Waals surface area contributed by atoms with E-state index in [0.29, 0.717) is 11.4 Å². The van der Waals surface area contributed by atoms with Crippen molar-refractivity contribution in [2.24, 2.45) is 5.73 Å². The van der Waals surface area contributed by atoms with Crippen LogP contribution in [0.5, 0.6) is 0 Å². The largest absolute Gasteiger partial charge is 0.480 e. The summed E-state index contributed by atoms with van der Waals surface area (Å²) in [5, 5.41) is 11.6. The quantitative estimate of drug-likeness (QED) is 0.755. The second-order valence-electron chi connectivity index (χ2n) is 4.62. The van der Waals surface area contributed by atoms with Gasteiger partial charge in [0.25, 0.3) is 5.91 Å². The fourth-order valence-electron chi connectivity index (χ4n) is 1.75. The lowest BCUT2D eigenvalue weighted by Crippen LogP contribution is -2.32. The minimum atomic E-state index is -1.11. The molecule has 2 aromatic heterocycles. The maximum atomic E-state index is 12.2. The van der Waals surface area contributed by atoms with Gasteiger partial charge in [-0.2, -0.15) is 0 Å². The van der Waals surface area contributed by atoms with E-state index in [4.69, 9.17) is 34.0 Å². The highest BCUT2D eigenvalue weighted by Gasteiger charge is 2.16. The molecule has 0 unspecified atom stereocenters. The molecule has 2 aromatic rings. The molecule has 0 aliphatic heterocycles. The highest BCUT2D eigenvalue weighted by Crippen LogP contribution is 2.23. The standard InChI is InChI=1S/C14H12Cl2N4O3/c15-9-5-18-6-10(16)12(9)13(21)20-8-2-1-7(19-4-8)3-11(17)14(22)23/h1-2,4-6,11H,3,17H2,(H,20,21)(H,22,23)/t11-/m0/s1. The Morgan fingerprint density at radius 2 is 1.87 bits per heavy atom.